The number of pyridine rings is 1. The second-order valence-corrected chi connectivity index (χ2v) is 7.53. The molecule has 1 aromatic heterocycles. The topological polar surface area (TPSA) is 42.0 Å². The van der Waals surface area contributed by atoms with Gasteiger partial charge >= 0.3 is 0 Å². The summed E-state index contributed by atoms with van der Waals surface area (Å²) in [5.74, 6) is 0.877. The monoisotopic (exact) mass is 412 g/mol. The lowest BCUT2D eigenvalue weighted by atomic mass is 9.93. The third kappa shape index (κ3) is 10.0. The molecule has 0 aliphatic carbocycles. The number of aromatic nitrogens is 1. The molecule has 0 bridgehead atoms. The summed E-state index contributed by atoms with van der Waals surface area (Å²) < 4.78 is 0. The predicted molar refractivity (Wildman–Crippen MR) is 132 cm³/mol. The lowest BCUT2D eigenvalue weighted by Gasteiger charge is -2.18. The molecule has 0 spiro atoms. The number of rotatable bonds is 11. The van der Waals surface area contributed by atoms with E-state index in [1.807, 2.05) is 57.2 Å². The SMILES string of the molecule is CC.C\C=C(/C=C\C(NC(=O)C(CC)CCC(C)CC)=C(/C)CC)c1ccccn1. The highest BCUT2D eigenvalue weighted by Gasteiger charge is 2.18. The summed E-state index contributed by atoms with van der Waals surface area (Å²) in [4.78, 5) is 17.3. The molecule has 3 heteroatoms. The van der Waals surface area contributed by atoms with Gasteiger partial charge in [-0.15, -0.1) is 0 Å². The van der Waals surface area contributed by atoms with Crippen molar-refractivity contribution in [1.29, 1.82) is 0 Å². The van der Waals surface area contributed by atoms with Gasteiger partial charge in [0.25, 0.3) is 0 Å². The van der Waals surface area contributed by atoms with E-state index in [0.717, 1.165) is 42.6 Å². The van der Waals surface area contributed by atoms with E-state index in [-0.39, 0.29) is 11.8 Å². The molecule has 2 atom stereocenters. The standard InChI is InChI=1S/C25H38N2O.C2H6/c1-7-19(5)14-15-22(10-4)25(28)27-23(20(6)8-2)17-16-21(9-3)24-13-11-12-18-26-24;1-2/h9,11-13,16-19,22H,7-8,10,14-15H2,1-6H3,(H,27,28);1-2H3/b17-16-,21-9+,23-20-;. The van der Waals surface area contributed by atoms with Gasteiger partial charge in [0.05, 0.1) is 5.69 Å². The highest BCUT2D eigenvalue weighted by molar-refractivity contribution is 5.81. The number of nitrogens with zero attached hydrogens (tertiary/aromatic N) is 1. The van der Waals surface area contributed by atoms with Crippen molar-refractivity contribution >= 4 is 11.5 Å². The molecule has 1 heterocycles. The van der Waals surface area contributed by atoms with Gasteiger partial charge in [-0.3, -0.25) is 9.78 Å². The molecule has 1 amide bonds. The summed E-state index contributed by atoms with van der Waals surface area (Å²) in [6.07, 6.45) is 12.9. The van der Waals surface area contributed by atoms with Crippen LogP contribution in [-0.4, -0.2) is 10.9 Å². The van der Waals surface area contributed by atoms with Crippen molar-refractivity contribution in [1.82, 2.24) is 10.3 Å². The molecule has 30 heavy (non-hydrogen) atoms. The Morgan fingerprint density at radius 3 is 2.30 bits per heavy atom. The van der Waals surface area contributed by atoms with Crippen LogP contribution in [0, 0.1) is 11.8 Å². The summed E-state index contributed by atoms with van der Waals surface area (Å²) >= 11 is 0. The number of hydrogen-bond donors (Lipinski definition) is 1. The van der Waals surface area contributed by atoms with E-state index in [0.29, 0.717) is 5.92 Å². The van der Waals surface area contributed by atoms with Gasteiger partial charge in [0.1, 0.15) is 0 Å². The van der Waals surface area contributed by atoms with E-state index in [4.69, 9.17) is 0 Å². The molecule has 2 unspecified atom stereocenters. The molecule has 0 radical (unpaired) electrons. The number of amides is 1. The van der Waals surface area contributed by atoms with Crippen LogP contribution in [0.5, 0.6) is 0 Å². The quantitative estimate of drug-likeness (QED) is 0.378. The molecular formula is C27H44N2O. The first-order valence-corrected chi connectivity index (χ1v) is 11.7. The second kappa shape index (κ2) is 16.6. The fourth-order valence-electron chi connectivity index (χ4n) is 2.96. The van der Waals surface area contributed by atoms with Crippen LogP contribution in [0.1, 0.15) is 93.2 Å². The van der Waals surface area contributed by atoms with E-state index >= 15 is 0 Å². The van der Waals surface area contributed by atoms with E-state index in [9.17, 15) is 4.79 Å². The molecule has 0 saturated carbocycles. The first-order valence-electron chi connectivity index (χ1n) is 11.7. The predicted octanol–water partition coefficient (Wildman–Crippen LogP) is 7.72. The highest BCUT2D eigenvalue weighted by Crippen LogP contribution is 2.20. The van der Waals surface area contributed by atoms with Crippen molar-refractivity contribution in [3.05, 3.63) is 59.6 Å². The molecule has 3 nitrogen and oxygen atoms in total. The molecule has 0 fully saturated rings. The van der Waals surface area contributed by atoms with Gasteiger partial charge in [-0.1, -0.05) is 66.2 Å². The Morgan fingerprint density at radius 1 is 1.10 bits per heavy atom. The fraction of sp³-hybridized carbons (Fsp3) is 0.556. The second-order valence-electron chi connectivity index (χ2n) is 7.53. The Bertz CT molecular complexity index is 686. The van der Waals surface area contributed by atoms with E-state index in [2.05, 4.69) is 44.9 Å². The van der Waals surface area contributed by atoms with Gasteiger partial charge in [0.2, 0.25) is 5.91 Å². The highest BCUT2D eigenvalue weighted by atomic mass is 16.1. The number of nitrogens with one attached hydrogen (secondary N) is 1. The molecule has 0 saturated heterocycles. The van der Waals surface area contributed by atoms with Crippen LogP contribution in [0.15, 0.2) is 53.9 Å². The van der Waals surface area contributed by atoms with Crippen LogP contribution >= 0.6 is 0 Å². The van der Waals surface area contributed by atoms with Crippen molar-refractivity contribution in [3.63, 3.8) is 0 Å². The average Bonchev–Trinajstić information content (AvgIpc) is 2.80. The summed E-state index contributed by atoms with van der Waals surface area (Å²) in [7, 11) is 0. The molecule has 1 N–H and O–H groups in total. The number of carbonyl (C=O) groups is 1. The molecule has 1 aromatic rings. The Hall–Kier alpha value is -2.16. The van der Waals surface area contributed by atoms with Gasteiger partial charge in [0, 0.05) is 17.8 Å². The van der Waals surface area contributed by atoms with Crippen molar-refractivity contribution in [2.45, 2.75) is 87.5 Å². The zero-order chi connectivity index (χ0) is 22.9. The summed E-state index contributed by atoms with van der Waals surface area (Å²) in [5.41, 5.74) is 4.06. The normalized spacial score (nSPS) is 14.5. The Balaban J connectivity index is 0.00000407. The third-order valence-electron chi connectivity index (χ3n) is 5.52. The van der Waals surface area contributed by atoms with Crippen LogP contribution in [0.2, 0.25) is 0 Å². The summed E-state index contributed by atoms with van der Waals surface area (Å²) in [5, 5.41) is 3.20. The van der Waals surface area contributed by atoms with E-state index in [1.54, 1.807) is 6.20 Å². The molecule has 0 aliphatic rings. The lowest BCUT2D eigenvalue weighted by molar-refractivity contribution is -0.124. The fourth-order valence-corrected chi connectivity index (χ4v) is 2.96. The zero-order valence-corrected chi connectivity index (χ0v) is 20.6. The Kier molecular flexibility index (Phi) is 15.4. The van der Waals surface area contributed by atoms with Gasteiger partial charge in [-0.05, 0) is 74.8 Å². The Labute approximate surface area is 185 Å². The minimum atomic E-state index is 0.0685. The number of carbonyl (C=O) groups excluding carboxylic acids is 1. The zero-order valence-electron chi connectivity index (χ0n) is 20.6. The van der Waals surface area contributed by atoms with Gasteiger partial charge < -0.3 is 5.32 Å². The average molecular weight is 413 g/mol. The van der Waals surface area contributed by atoms with Crippen LogP contribution < -0.4 is 5.32 Å². The van der Waals surface area contributed by atoms with Crippen molar-refractivity contribution in [3.8, 4) is 0 Å². The van der Waals surface area contributed by atoms with Crippen LogP contribution in [0.3, 0.4) is 0 Å². The molecule has 0 aromatic carbocycles. The number of hydrogen-bond acceptors (Lipinski definition) is 2. The molecule has 1 rings (SSSR count). The minimum Gasteiger partial charge on any atom is -0.326 e. The van der Waals surface area contributed by atoms with Crippen LogP contribution in [0.25, 0.3) is 5.57 Å². The maximum absolute atomic E-state index is 12.9. The molecule has 0 aliphatic heterocycles. The van der Waals surface area contributed by atoms with Crippen molar-refractivity contribution in [2.24, 2.45) is 11.8 Å². The van der Waals surface area contributed by atoms with Gasteiger partial charge in [-0.2, -0.15) is 0 Å². The smallest absolute Gasteiger partial charge is 0.227 e. The van der Waals surface area contributed by atoms with E-state index < -0.39 is 0 Å². The van der Waals surface area contributed by atoms with Gasteiger partial charge in [0.15, 0.2) is 0 Å². The third-order valence-corrected chi connectivity index (χ3v) is 5.52. The first kappa shape index (κ1) is 27.8. The van der Waals surface area contributed by atoms with Crippen LogP contribution in [-0.2, 0) is 4.79 Å². The van der Waals surface area contributed by atoms with Gasteiger partial charge in [-0.25, -0.2) is 0 Å². The molecular weight excluding hydrogens is 368 g/mol. The van der Waals surface area contributed by atoms with Crippen molar-refractivity contribution in [2.75, 3.05) is 0 Å². The van der Waals surface area contributed by atoms with E-state index in [1.165, 1.54) is 12.0 Å². The van der Waals surface area contributed by atoms with Crippen molar-refractivity contribution < 1.29 is 4.79 Å². The largest absolute Gasteiger partial charge is 0.326 e. The summed E-state index contributed by atoms with van der Waals surface area (Å²) in [6.45, 7) is 16.8. The lowest BCUT2D eigenvalue weighted by Crippen LogP contribution is -2.30. The maximum Gasteiger partial charge on any atom is 0.227 e. The maximum atomic E-state index is 12.9. The number of allylic oxidation sites excluding steroid dienone is 5. The first-order chi connectivity index (χ1) is 14.5. The Morgan fingerprint density at radius 2 is 1.80 bits per heavy atom. The molecule has 168 valence electrons. The minimum absolute atomic E-state index is 0.0685. The van der Waals surface area contributed by atoms with Crippen LogP contribution in [0.4, 0.5) is 0 Å². The summed E-state index contributed by atoms with van der Waals surface area (Å²) in [6, 6.07) is 5.90.